The summed E-state index contributed by atoms with van der Waals surface area (Å²) < 4.78 is 33.2. The van der Waals surface area contributed by atoms with Crippen molar-refractivity contribution in [2.24, 2.45) is 0 Å². The molecule has 0 saturated heterocycles. The lowest BCUT2D eigenvalue weighted by Crippen LogP contribution is -2.22. The summed E-state index contributed by atoms with van der Waals surface area (Å²) in [4.78, 5) is 4.17. The fourth-order valence-electron chi connectivity index (χ4n) is 1.72. The molecule has 3 aromatic rings. The maximum Gasteiger partial charge on any atom is 0.244 e. The Bertz CT molecular complexity index is 810. The summed E-state index contributed by atoms with van der Waals surface area (Å²) >= 11 is 0. The lowest BCUT2D eigenvalue weighted by molar-refractivity contribution is 0.498. The van der Waals surface area contributed by atoms with E-state index in [1.54, 1.807) is 36.5 Å². The standard InChI is InChI=1S/C13H12N4O3S/c18-21(19,16-8-11-4-3-7-20-11)12-9-15-17(10-12)13-5-1-2-6-14-13/h1-7,9-10,16H,8H2. The van der Waals surface area contributed by atoms with Crippen LogP contribution in [0.15, 0.2) is 64.5 Å². The molecule has 3 rings (SSSR count). The third-order valence-electron chi connectivity index (χ3n) is 2.77. The van der Waals surface area contributed by atoms with Crippen molar-refractivity contribution in [2.75, 3.05) is 0 Å². The summed E-state index contributed by atoms with van der Waals surface area (Å²) in [6.07, 6.45) is 5.79. The van der Waals surface area contributed by atoms with Crippen LogP contribution >= 0.6 is 0 Å². The van der Waals surface area contributed by atoms with Gasteiger partial charge in [0.1, 0.15) is 10.7 Å². The minimum atomic E-state index is -3.64. The highest BCUT2D eigenvalue weighted by Gasteiger charge is 2.17. The van der Waals surface area contributed by atoms with Gasteiger partial charge in [0.05, 0.1) is 25.2 Å². The molecular formula is C13H12N4O3S. The SMILES string of the molecule is O=S(=O)(NCc1ccco1)c1cnn(-c2ccccn2)c1. The van der Waals surface area contributed by atoms with Gasteiger partial charge in [-0.05, 0) is 24.3 Å². The molecule has 0 saturated carbocycles. The predicted molar refractivity (Wildman–Crippen MR) is 74.1 cm³/mol. The van der Waals surface area contributed by atoms with E-state index in [9.17, 15) is 8.42 Å². The smallest absolute Gasteiger partial charge is 0.244 e. The Morgan fingerprint density at radius 1 is 1.24 bits per heavy atom. The highest BCUT2D eigenvalue weighted by atomic mass is 32.2. The molecular weight excluding hydrogens is 292 g/mol. The van der Waals surface area contributed by atoms with E-state index in [1.807, 2.05) is 0 Å². The Balaban J connectivity index is 1.78. The van der Waals surface area contributed by atoms with Gasteiger partial charge in [-0.1, -0.05) is 6.07 Å². The predicted octanol–water partition coefficient (Wildman–Crippen LogP) is 1.34. The lowest BCUT2D eigenvalue weighted by atomic mass is 10.5. The Labute approximate surface area is 121 Å². The minimum Gasteiger partial charge on any atom is -0.468 e. The Hall–Kier alpha value is -2.45. The first-order chi connectivity index (χ1) is 10.1. The zero-order chi connectivity index (χ0) is 14.7. The first-order valence-electron chi connectivity index (χ1n) is 6.13. The van der Waals surface area contributed by atoms with Gasteiger partial charge in [-0.25, -0.2) is 22.8 Å². The van der Waals surface area contributed by atoms with Crippen molar-refractivity contribution in [1.82, 2.24) is 19.5 Å². The number of hydrogen-bond acceptors (Lipinski definition) is 5. The zero-order valence-corrected chi connectivity index (χ0v) is 11.7. The van der Waals surface area contributed by atoms with Gasteiger partial charge in [-0.2, -0.15) is 5.10 Å². The first-order valence-corrected chi connectivity index (χ1v) is 7.61. The van der Waals surface area contributed by atoms with Crippen LogP contribution in [0.3, 0.4) is 0 Å². The molecule has 1 N–H and O–H groups in total. The molecule has 0 fully saturated rings. The molecule has 0 radical (unpaired) electrons. The van der Waals surface area contributed by atoms with Crippen molar-refractivity contribution in [3.05, 3.63) is 60.9 Å². The molecule has 0 aliphatic heterocycles. The van der Waals surface area contributed by atoms with Crippen LogP contribution in [0.1, 0.15) is 5.76 Å². The van der Waals surface area contributed by atoms with Crippen molar-refractivity contribution < 1.29 is 12.8 Å². The van der Waals surface area contributed by atoms with Gasteiger partial charge in [0, 0.05) is 6.20 Å². The summed E-state index contributed by atoms with van der Waals surface area (Å²) in [6.45, 7) is 0.0874. The van der Waals surface area contributed by atoms with E-state index in [4.69, 9.17) is 4.42 Å². The second kappa shape index (κ2) is 5.51. The van der Waals surface area contributed by atoms with Crippen LogP contribution in [-0.2, 0) is 16.6 Å². The average Bonchev–Trinajstić information content (AvgIpc) is 3.18. The fourth-order valence-corrected chi connectivity index (χ4v) is 2.65. The van der Waals surface area contributed by atoms with E-state index in [1.165, 1.54) is 23.3 Å². The van der Waals surface area contributed by atoms with Crippen LogP contribution in [-0.4, -0.2) is 23.2 Å². The van der Waals surface area contributed by atoms with Crippen molar-refractivity contribution in [3.8, 4) is 5.82 Å². The number of nitrogens with zero attached hydrogens (tertiary/aromatic N) is 3. The van der Waals surface area contributed by atoms with E-state index >= 15 is 0 Å². The van der Waals surface area contributed by atoms with E-state index < -0.39 is 10.0 Å². The van der Waals surface area contributed by atoms with Crippen LogP contribution < -0.4 is 4.72 Å². The molecule has 21 heavy (non-hydrogen) atoms. The molecule has 0 spiro atoms. The zero-order valence-electron chi connectivity index (χ0n) is 10.9. The van der Waals surface area contributed by atoms with Crippen LogP contribution in [0.2, 0.25) is 0 Å². The summed E-state index contributed by atoms with van der Waals surface area (Å²) in [6, 6.07) is 8.70. The maximum atomic E-state index is 12.1. The maximum absolute atomic E-state index is 12.1. The molecule has 3 heterocycles. The molecule has 0 aliphatic rings. The number of sulfonamides is 1. The highest BCUT2D eigenvalue weighted by Crippen LogP contribution is 2.11. The van der Waals surface area contributed by atoms with Gasteiger partial charge >= 0.3 is 0 Å². The third-order valence-corrected chi connectivity index (χ3v) is 4.13. The van der Waals surface area contributed by atoms with Crippen molar-refractivity contribution >= 4 is 10.0 Å². The molecule has 0 aliphatic carbocycles. The molecule has 0 atom stereocenters. The van der Waals surface area contributed by atoms with Crippen LogP contribution in [0, 0.1) is 0 Å². The topological polar surface area (TPSA) is 90.0 Å². The number of pyridine rings is 1. The first kappa shape index (κ1) is 13.5. The van der Waals surface area contributed by atoms with E-state index in [0.29, 0.717) is 11.6 Å². The summed E-state index contributed by atoms with van der Waals surface area (Å²) in [5.74, 6) is 1.08. The van der Waals surface area contributed by atoms with E-state index in [0.717, 1.165) is 0 Å². The molecule has 0 aromatic carbocycles. The van der Waals surface area contributed by atoms with Gasteiger partial charge in [-0.3, -0.25) is 0 Å². The largest absolute Gasteiger partial charge is 0.468 e. The van der Waals surface area contributed by atoms with Gasteiger partial charge in [-0.15, -0.1) is 0 Å². The fraction of sp³-hybridized carbons (Fsp3) is 0.0769. The Kier molecular flexibility index (Phi) is 3.55. The quantitative estimate of drug-likeness (QED) is 0.768. The number of aromatic nitrogens is 3. The van der Waals surface area contributed by atoms with E-state index in [2.05, 4.69) is 14.8 Å². The Morgan fingerprint density at radius 2 is 2.14 bits per heavy atom. The number of furan rings is 1. The number of rotatable bonds is 5. The molecule has 0 unspecified atom stereocenters. The second-order valence-corrected chi connectivity index (χ2v) is 5.98. The van der Waals surface area contributed by atoms with Gasteiger partial charge in [0.2, 0.25) is 10.0 Å². The number of nitrogens with one attached hydrogen (secondary N) is 1. The van der Waals surface area contributed by atoms with Crippen molar-refractivity contribution in [3.63, 3.8) is 0 Å². The minimum absolute atomic E-state index is 0.0692. The van der Waals surface area contributed by atoms with Crippen molar-refractivity contribution in [2.45, 2.75) is 11.4 Å². The van der Waals surface area contributed by atoms with Gasteiger partial charge < -0.3 is 4.42 Å². The molecule has 0 amide bonds. The van der Waals surface area contributed by atoms with Crippen LogP contribution in [0.25, 0.3) is 5.82 Å². The normalized spacial score (nSPS) is 11.6. The molecule has 7 nitrogen and oxygen atoms in total. The molecule has 0 bridgehead atoms. The second-order valence-electron chi connectivity index (χ2n) is 4.21. The molecule has 3 aromatic heterocycles. The van der Waals surface area contributed by atoms with Crippen molar-refractivity contribution in [1.29, 1.82) is 0 Å². The van der Waals surface area contributed by atoms with Crippen LogP contribution in [0.5, 0.6) is 0 Å². The Morgan fingerprint density at radius 3 is 2.86 bits per heavy atom. The third kappa shape index (κ3) is 3.01. The van der Waals surface area contributed by atoms with Gasteiger partial charge in [0.25, 0.3) is 0 Å². The molecule has 108 valence electrons. The number of hydrogen-bond donors (Lipinski definition) is 1. The average molecular weight is 304 g/mol. The summed E-state index contributed by atoms with van der Waals surface area (Å²) in [7, 11) is -3.64. The monoisotopic (exact) mass is 304 g/mol. The summed E-state index contributed by atoms with van der Waals surface area (Å²) in [5, 5.41) is 4.01. The molecule has 8 heteroatoms. The summed E-state index contributed by atoms with van der Waals surface area (Å²) in [5.41, 5.74) is 0. The van der Waals surface area contributed by atoms with E-state index in [-0.39, 0.29) is 11.4 Å². The lowest BCUT2D eigenvalue weighted by Gasteiger charge is -2.02. The van der Waals surface area contributed by atoms with Gasteiger partial charge in [0.15, 0.2) is 5.82 Å². The van der Waals surface area contributed by atoms with Crippen LogP contribution in [0.4, 0.5) is 0 Å². The highest BCUT2D eigenvalue weighted by molar-refractivity contribution is 7.89.